The molecule has 3 rings (SSSR count). The van der Waals surface area contributed by atoms with Crippen LogP contribution in [-0.4, -0.2) is 23.1 Å². The molecular weight excluding hydrogens is 422 g/mol. The van der Waals surface area contributed by atoms with Crippen molar-refractivity contribution in [3.63, 3.8) is 0 Å². The van der Waals surface area contributed by atoms with Gasteiger partial charge in [-0.05, 0) is 49.0 Å². The smallest absolute Gasteiger partial charge is 0.349 e. The second-order valence-electron chi connectivity index (χ2n) is 5.78. The number of benzene rings is 2. The van der Waals surface area contributed by atoms with Crippen LogP contribution in [0.1, 0.15) is 15.2 Å². The fourth-order valence-corrected chi connectivity index (χ4v) is 4.25. The van der Waals surface area contributed by atoms with Crippen LogP contribution in [-0.2, 0) is 4.74 Å². The van der Waals surface area contributed by atoms with Crippen molar-refractivity contribution in [2.45, 2.75) is 6.92 Å². The molecule has 0 amide bonds. The van der Waals surface area contributed by atoms with E-state index in [-0.39, 0.29) is 5.69 Å². The number of carbonyl (C=O) groups is 1. The van der Waals surface area contributed by atoms with Crippen LogP contribution in [0.2, 0.25) is 5.02 Å². The van der Waals surface area contributed by atoms with E-state index in [1.54, 1.807) is 25.1 Å². The van der Waals surface area contributed by atoms with Crippen molar-refractivity contribution in [2.75, 3.05) is 17.7 Å². The number of nitro groups is 1. The number of nitrogens with zero attached hydrogens (tertiary/aromatic N) is 1. The molecule has 0 aliphatic heterocycles. The SMILES string of the molecule is COC(=O)c1sc2cc(NC(=S)Nc3ccc([N+](=O)[O-])cc3C)ccc2c1Cl. The Morgan fingerprint density at radius 1 is 1.25 bits per heavy atom. The van der Waals surface area contributed by atoms with Crippen LogP contribution in [0, 0.1) is 17.0 Å². The molecule has 0 aliphatic carbocycles. The molecule has 1 aromatic heterocycles. The number of nitro benzene ring substituents is 1. The van der Waals surface area contributed by atoms with Gasteiger partial charge in [-0.15, -0.1) is 11.3 Å². The van der Waals surface area contributed by atoms with Gasteiger partial charge in [0.05, 0.1) is 17.1 Å². The third-order valence-corrected chi connectivity index (χ3v) is 5.77. The summed E-state index contributed by atoms with van der Waals surface area (Å²) in [4.78, 5) is 22.5. The summed E-state index contributed by atoms with van der Waals surface area (Å²) in [7, 11) is 1.31. The van der Waals surface area contributed by atoms with E-state index in [9.17, 15) is 14.9 Å². The number of hydrogen-bond acceptors (Lipinski definition) is 6. The first-order chi connectivity index (χ1) is 13.3. The van der Waals surface area contributed by atoms with E-state index in [4.69, 9.17) is 28.6 Å². The van der Waals surface area contributed by atoms with Crippen molar-refractivity contribution in [3.05, 3.63) is 62.0 Å². The molecule has 0 saturated heterocycles. The van der Waals surface area contributed by atoms with Crippen LogP contribution in [0.25, 0.3) is 10.1 Å². The second kappa shape index (κ2) is 8.09. The number of nitrogens with one attached hydrogen (secondary N) is 2. The highest BCUT2D eigenvalue weighted by molar-refractivity contribution is 7.80. The molecule has 0 bridgehead atoms. The van der Waals surface area contributed by atoms with Gasteiger partial charge < -0.3 is 15.4 Å². The number of halogens is 1. The minimum absolute atomic E-state index is 0.0170. The average molecular weight is 436 g/mol. The molecule has 10 heteroatoms. The molecule has 28 heavy (non-hydrogen) atoms. The molecule has 0 radical (unpaired) electrons. The third kappa shape index (κ3) is 4.06. The lowest BCUT2D eigenvalue weighted by atomic mass is 10.2. The Hall–Kier alpha value is -2.75. The molecule has 0 saturated carbocycles. The average Bonchev–Trinajstić information content (AvgIpc) is 2.98. The van der Waals surface area contributed by atoms with Gasteiger partial charge in [-0.3, -0.25) is 10.1 Å². The highest BCUT2D eigenvalue weighted by Crippen LogP contribution is 2.37. The lowest BCUT2D eigenvalue weighted by Crippen LogP contribution is -2.19. The van der Waals surface area contributed by atoms with Crippen molar-refractivity contribution in [2.24, 2.45) is 0 Å². The van der Waals surface area contributed by atoms with E-state index >= 15 is 0 Å². The standard InChI is InChI=1S/C18H14ClN3O4S2/c1-9-7-11(22(24)25)4-6-13(9)21-18(27)20-10-3-5-12-14(8-10)28-16(15(12)19)17(23)26-2/h3-8H,1-2H3,(H2,20,21,27). The number of thiophene rings is 1. The zero-order chi connectivity index (χ0) is 20.4. The molecule has 0 spiro atoms. The molecular formula is C18H14ClN3O4S2. The molecule has 3 aromatic rings. The number of ether oxygens (including phenoxy) is 1. The fourth-order valence-electron chi connectivity index (χ4n) is 2.55. The predicted octanol–water partition coefficient (Wildman–Crippen LogP) is 5.37. The van der Waals surface area contributed by atoms with Gasteiger partial charge in [0.15, 0.2) is 5.11 Å². The first-order valence-corrected chi connectivity index (χ1v) is 9.54. The summed E-state index contributed by atoms with van der Waals surface area (Å²) in [6.07, 6.45) is 0. The zero-order valence-corrected chi connectivity index (χ0v) is 17.1. The van der Waals surface area contributed by atoms with Crippen LogP contribution >= 0.6 is 35.2 Å². The van der Waals surface area contributed by atoms with Gasteiger partial charge in [-0.2, -0.15) is 0 Å². The predicted molar refractivity (Wildman–Crippen MR) is 116 cm³/mol. The fraction of sp³-hybridized carbons (Fsp3) is 0.111. The summed E-state index contributed by atoms with van der Waals surface area (Å²) in [5.74, 6) is -0.480. The van der Waals surface area contributed by atoms with Crippen molar-refractivity contribution >= 4 is 73.4 Å². The maximum Gasteiger partial charge on any atom is 0.349 e. The van der Waals surface area contributed by atoms with Crippen LogP contribution in [0.15, 0.2) is 36.4 Å². The number of carbonyl (C=O) groups excluding carboxylic acids is 1. The van der Waals surface area contributed by atoms with Crippen molar-refractivity contribution in [3.8, 4) is 0 Å². The zero-order valence-electron chi connectivity index (χ0n) is 14.7. The van der Waals surface area contributed by atoms with E-state index < -0.39 is 10.9 Å². The summed E-state index contributed by atoms with van der Waals surface area (Å²) in [6.45, 7) is 1.76. The highest BCUT2D eigenvalue weighted by Gasteiger charge is 2.18. The summed E-state index contributed by atoms with van der Waals surface area (Å²) < 4.78 is 5.55. The maximum absolute atomic E-state index is 11.8. The van der Waals surface area contributed by atoms with E-state index in [1.165, 1.54) is 30.6 Å². The van der Waals surface area contributed by atoms with Crippen LogP contribution in [0.4, 0.5) is 17.1 Å². The van der Waals surface area contributed by atoms with E-state index in [2.05, 4.69) is 10.6 Å². The Morgan fingerprint density at radius 3 is 2.64 bits per heavy atom. The van der Waals surface area contributed by atoms with Crippen molar-refractivity contribution < 1.29 is 14.5 Å². The topological polar surface area (TPSA) is 93.5 Å². The number of hydrogen-bond donors (Lipinski definition) is 2. The van der Waals surface area contributed by atoms with Gasteiger partial charge >= 0.3 is 5.97 Å². The molecule has 2 N–H and O–H groups in total. The van der Waals surface area contributed by atoms with E-state index in [0.717, 1.165) is 10.1 Å². The van der Waals surface area contributed by atoms with Crippen molar-refractivity contribution in [1.29, 1.82) is 0 Å². The number of esters is 1. The summed E-state index contributed by atoms with van der Waals surface area (Å²) >= 11 is 12.8. The molecule has 1 heterocycles. The number of anilines is 2. The number of methoxy groups -OCH3 is 1. The van der Waals surface area contributed by atoms with Gasteiger partial charge in [0.25, 0.3) is 5.69 Å². The third-order valence-electron chi connectivity index (χ3n) is 3.93. The lowest BCUT2D eigenvalue weighted by Gasteiger charge is -2.12. The molecule has 2 aromatic carbocycles. The Balaban J connectivity index is 1.78. The highest BCUT2D eigenvalue weighted by atomic mass is 35.5. The summed E-state index contributed by atoms with van der Waals surface area (Å²) in [5.41, 5.74) is 2.08. The van der Waals surface area contributed by atoms with Gasteiger partial charge in [-0.1, -0.05) is 11.6 Å². The van der Waals surface area contributed by atoms with E-state index in [0.29, 0.717) is 32.0 Å². The largest absolute Gasteiger partial charge is 0.465 e. The lowest BCUT2D eigenvalue weighted by molar-refractivity contribution is -0.384. The summed E-state index contributed by atoms with van der Waals surface area (Å²) in [5, 5.41) is 18.3. The minimum Gasteiger partial charge on any atom is -0.465 e. The Morgan fingerprint density at radius 2 is 2.00 bits per heavy atom. The quantitative estimate of drug-likeness (QED) is 0.246. The van der Waals surface area contributed by atoms with Gasteiger partial charge in [0.2, 0.25) is 0 Å². The van der Waals surface area contributed by atoms with Crippen LogP contribution < -0.4 is 10.6 Å². The van der Waals surface area contributed by atoms with Gasteiger partial charge in [-0.25, -0.2) is 4.79 Å². The van der Waals surface area contributed by atoms with E-state index in [1.807, 2.05) is 6.07 Å². The number of non-ortho nitro benzene ring substituents is 1. The molecule has 144 valence electrons. The van der Waals surface area contributed by atoms with Gasteiger partial charge in [0, 0.05) is 33.6 Å². The summed E-state index contributed by atoms with van der Waals surface area (Å²) in [6, 6.07) is 9.90. The Labute approximate surface area is 174 Å². The second-order valence-corrected chi connectivity index (χ2v) is 7.62. The first kappa shape index (κ1) is 20.0. The number of thiocarbonyl (C=S) groups is 1. The molecule has 0 unspecified atom stereocenters. The Kier molecular flexibility index (Phi) is 5.78. The molecule has 7 nitrogen and oxygen atoms in total. The monoisotopic (exact) mass is 435 g/mol. The van der Waals surface area contributed by atoms with Crippen molar-refractivity contribution in [1.82, 2.24) is 0 Å². The van der Waals surface area contributed by atoms with Crippen LogP contribution in [0.5, 0.6) is 0 Å². The molecule has 0 atom stereocenters. The Bertz CT molecular complexity index is 1110. The number of fused-ring (bicyclic) bond motifs is 1. The van der Waals surface area contributed by atoms with Gasteiger partial charge in [0.1, 0.15) is 4.88 Å². The molecule has 0 aliphatic rings. The number of rotatable bonds is 4. The first-order valence-electron chi connectivity index (χ1n) is 7.93. The maximum atomic E-state index is 11.8. The normalized spacial score (nSPS) is 10.5. The minimum atomic E-state index is -0.480. The molecule has 0 fully saturated rings. The number of aryl methyl sites for hydroxylation is 1. The van der Waals surface area contributed by atoms with Crippen LogP contribution in [0.3, 0.4) is 0 Å².